The van der Waals surface area contributed by atoms with E-state index in [9.17, 15) is 22.8 Å². The van der Waals surface area contributed by atoms with E-state index in [1.165, 1.54) is 18.2 Å². The molecule has 0 fully saturated rings. The molecule has 0 aliphatic rings. The number of anilines is 1. The molecule has 2 aromatic rings. The molecule has 0 aliphatic carbocycles. The van der Waals surface area contributed by atoms with Crippen molar-refractivity contribution in [2.24, 2.45) is 0 Å². The molecule has 9 heteroatoms. The third-order valence-electron chi connectivity index (χ3n) is 4.50. The van der Waals surface area contributed by atoms with Crippen molar-refractivity contribution in [1.82, 2.24) is 9.80 Å². The Balaban J connectivity index is 1.99. The number of likely N-dealkylation sites (N-methyl/N-ethyl adjacent to an activating group) is 1. The van der Waals surface area contributed by atoms with Crippen molar-refractivity contribution in [3.63, 3.8) is 0 Å². The van der Waals surface area contributed by atoms with Crippen molar-refractivity contribution in [2.75, 3.05) is 32.0 Å². The molecular formula is C22H26F3N3O3. The lowest BCUT2D eigenvalue weighted by molar-refractivity contribution is -0.275. The van der Waals surface area contributed by atoms with Crippen LogP contribution in [0.25, 0.3) is 0 Å². The van der Waals surface area contributed by atoms with Crippen LogP contribution in [-0.4, -0.2) is 54.7 Å². The number of nitrogens with zero attached hydrogens (tertiary/aromatic N) is 2. The van der Waals surface area contributed by atoms with Gasteiger partial charge in [0.15, 0.2) is 0 Å². The molecular weight excluding hydrogens is 411 g/mol. The molecule has 0 spiro atoms. The first-order valence-electron chi connectivity index (χ1n) is 9.84. The van der Waals surface area contributed by atoms with E-state index in [-0.39, 0.29) is 30.7 Å². The molecule has 0 aromatic heterocycles. The lowest BCUT2D eigenvalue weighted by Crippen LogP contribution is -2.31. The summed E-state index contributed by atoms with van der Waals surface area (Å²) in [6.45, 7) is 4.96. The molecule has 0 heterocycles. The first-order chi connectivity index (χ1) is 14.6. The summed E-state index contributed by atoms with van der Waals surface area (Å²) in [5, 5.41) is 2.72. The van der Waals surface area contributed by atoms with Crippen LogP contribution < -0.4 is 10.1 Å². The van der Waals surface area contributed by atoms with E-state index in [1.807, 2.05) is 13.8 Å². The molecule has 0 bridgehead atoms. The molecule has 0 unspecified atom stereocenters. The standard InChI is InChI=1S/C22H26F3N3O3/c1-4-28(5-2)21(30)16-10-8-11-18(13-16)26-20(29)15-27(3)14-17-9-6-7-12-19(17)31-22(23,24)25/h6-13H,4-5,14-15H2,1-3H3,(H,26,29). The predicted octanol–water partition coefficient (Wildman–Crippen LogP) is 4.14. The summed E-state index contributed by atoms with van der Waals surface area (Å²) in [4.78, 5) is 28.1. The number of benzene rings is 2. The Morgan fingerprint density at radius 2 is 1.71 bits per heavy atom. The number of carbonyl (C=O) groups is 2. The van der Waals surface area contributed by atoms with Crippen LogP contribution in [0, 0.1) is 0 Å². The van der Waals surface area contributed by atoms with Crippen molar-refractivity contribution in [3.05, 3.63) is 59.7 Å². The zero-order chi connectivity index (χ0) is 23.0. The molecule has 31 heavy (non-hydrogen) atoms. The first-order valence-corrected chi connectivity index (χ1v) is 9.84. The van der Waals surface area contributed by atoms with Gasteiger partial charge in [-0.1, -0.05) is 24.3 Å². The van der Waals surface area contributed by atoms with Gasteiger partial charge in [0.2, 0.25) is 5.91 Å². The predicted molar refractivity (Wildman–Crippen MR) is 112 cm³/mol. The van der Waals surface area contributed by atoms with E-state index < -0.39 is 6.36 Å². The second-order valence-electron chi connectivity index (χ2n) is 6.93. The summed E-state index contributed by atoms with van der Waals surface area (Å²) in [7, 11) is 1.62. The van der Waals surface area contributed by atoms with Crippen LogP contribution in [0.4, 0.5) is 18.9 Å². The Bertz CT molecular complexity index is 899. The van der Waals surface area contributed by atoms with Crippen molar-refractivity contribution >= 4 is 17.5 Å². The third-order valence-corrected chi connectivity index (χ3v) is 4.50. The van der Waals surface area contributed by atoms with Gasteiger partial charge in [0.05, 0.1) is 6.54 Å². The molecule has 0 aliphatic heterocycles. The fourth-order valence-electron chi connectivity index (χ4n) is 3.07. The number of alkyl halides is 3. The molecule has 6 nitrogen and oxygen atoms in total. The van der Waals surface area contributed by atoms with E-state index >= 15 is 0 Å². The third kappa shape index (κ3) is 7.60. The number of carbonyl (C=O) groups excluding carboxylic acids is 2. The van der Waals surface area contributed by atoms with Crippen molar-refractivity contribution < 1.29 is 27.5 Å². The van der Waals surface area contributed by atoms with Crippen LogP contribution in [-0.2, 0) is 11.3 Å². The van der Waals surface area contributed by atoms with Gasteiger partial charge >= 0.3 is 6.36 Å². The van der Waals surface area contributed by atoms with E-state index in [2.05, 4.69) is 10.1 Å². The van der Waals surface area contributed by atoms with Crippen LogP contribution in [0.5, 0.6) is 5.75 Å². The highest BCUT2D eigenvalue weighted by Crippen LogP contribution is 2.27. The van der Waals surface area contributed by atoms with Crippen molar-refractivity contribution in [2.45, 2.75) is 26.8 Å². The van der Waals surface area contributed by atoms with Crippen LogP contribution in [0.1, 0.15) is 29.8 Å². The fourth-order valence-corrected chi connectivity index (χ4v) is 3.07. The van der Waals surface area contributed by atoms with Gasteiger partial charge in [-0.2, -0.15) is 0 Å². The number of hydrogen-bond acceptors (Lipinski definition) is 4. The Morgan fingerprint density at radius 3 is 2.35 bits per heavy atom. The molecule has 0 saturated heterocycles. The monoisotopic (exact) mass is 437 g/mol. The highest BCUT2D eigenvalue weighted by molar-refractivity contribution is 5.97. The molecule has 1 N–H and O–H groups in total. The number of rotatable bonds is 9. The Labute approximate surface area is 179 Å². The lowest BCUT2D eigenvalue weighted by atomic mass is 10.1. The molecule has 2 amide bonds. The second kappa shape index (κ2) is 10.8. The first kappa shape index (κ1) is 24.2. The zero-order valence-corrected chi connectivity index (χ0v) is 17.7. The smallest absolute Gasteiger partial charge is 0.405 e. The SMILES string of the molecule is CCN(CC)C(=O)c1cccc(NC(=O)CN(C)Cc2ccccc2OC(F)(F)F)c1. The minimum Gasteiger partial charge on any atom is -0.405 e. The molecule has 2 aromatic carbocycles. The molecule has 0 radical (unpaired) electrons. The number of para-hydroxylation sites is 1. The summed E-state index contributed by atoms with van der Waals surface area (Å²) >= 11 is 0. The van der Waals surface area contributed by atoms with E-state index in [1.54, 1.807) is 47.2 Å². The topological polar surface area (TPSA) is 61.9 Å². The normalized spacial score (nSPS) is 11.3. The van der Waals surface area contributed by atoms with Crippen LogP contribution in [0.2, 0.25) is 0 Å². The number of ether oxygens (including phenoxy) is 1. The van der Waals surface area contributed by atoms with Gasteiger partial charge in [-0.25, -0.2) is 0 Å². The summed E-state index contributed by atoms with van der Waals surface area (Å²) < 4.78 is 41.8. The van der Waals surface area contributed by atoms with Crippen molar-refractivity contribution in [1.29, 1.82) is 0 Å². The summed E-state index contributed by atoms with van der Waals surface area (Å²) in [5.41, 5.74) is 1.24. The van der Waals surface area contributed by atoms with Crippen molar-refractivity contribution in [3.8, 4) is 5.75 Å². The molecule has 168 valence electrons. The van der Waals surface area contributed by atoms with Gasteiger partial charge in [-0.15, -0.1) is 13.2 Å². The maximum atomic E-state index is 12.6. The summed E-state index contributed by atoms with van der Waals surface area (Å²) in [5.74, 6) is -0.784. The fraction of sp³-hybridized carbons (Fsp3) is 0.364. The minimum absolute atomic E-state index is 0.0609. The average Bonchev–Trinajstić information content (AvgIpc) is 2.69. The van der Waals surface area contributed by atoms with Crippen LogP contribution >= 0.6 is 0 Å². The number of amides is 2. The number of nitrogens with one attached hydrogen (secondary N) is 1. The summed E-state index contributed by atoms with van der Waals surface area (Å²) in [6.07, 6.45) is -4.79. The molecule has 2 rings (SSSR count). The zero-order valence-electron chi connectivity index (χ0n) is 17.7. The Hall–Kier alpha value is -3.07. The van der Waals surface area contributed by atoms with Crippen LogP contribution in [0.3, 0.4) is 0 Å². The maximum absolute atomic E-state index is 12.6. The second-order valence-corrected chi connectivity index (χ2v) is 6.93. The lowest BCUT2D eigenvalue weighted by Gasteiger charge is -2.20. The largest absolute Gasteiger partial charge is 0.573 e. The minimum atomic E-state index is -4.79. The van der Waals surface area contributed by atoms with Gasteiger partial charge in [0, 0.05) is 36.4 Å². The highest BCUT2D eigenvalue weighted by atomic mass is 19.4. The Kier molecular flexibility index (Phi) is 8.44. The van der Waals surface area contributed by atoms with E-state index in [0.29, 0.717) is 29.9 Å². The quantitative estimate of drug-likeness (QED) is 0.641. The number of hydrogen-bond donors (Lipinski definition) is 1. The maximum Gasteiger partial charge on any atom is 0.573 e. The van der Waals surface area contributed by atoms with Gasteiger partial charge in [-0.05, 0) is 45.2 Å². The highest BCUT2D eigenvalue weighted by Gasteiger charge is 2.32. The van der Waals surface area contributed by atoms with Gasteiger partial charge < -0.3 is 15.0 Å². The molecule has 0 saturated carbocycles. The summed E-state index contributed by atoms with van der Waals surface area (Å²) in [6, 6.07) is 12.4. The molecule has 0 atom stereocenters. The Morgan fingerprint density at radius 1 is 1.03 bits per heavy atom. The van der Waals surface area contributed by atoms with Gasteiger partial charge in [0.1, 0.15) is 5.75 Å². The van der Waals surface area contributed by atoms with Gasteiger partial charge in [-0.3, -0.25) is 14.5 Å². The van der Waals surface area contributed by atoms with Crippen LogP contribution in [0.15, 0.2) is 48.5 Å². The van der Waals surface area contributed by atoms with E-state index in [0.717, 1.165) is 0 Å². The number of halogens is 3. The van der Waals surface area contributed by atoms with Gasteiger partial charge in [0.25, 0.3) is 5.91 Å². The van der Waals surface area contributed by atoms with E-state index in [4.69, 9.17) is 0 Å². The average molecular weight is 437 g/mol.